The van der Waals surface area contributed by atoms with Crippen LogP contribution < -0.4 is 0 Å². The van der Waals surface area contributed by atoms with Gasteiger partial charge in [0.2, 0.25) is 0 Å². The lowest BCUT2D eigenvalue weighted by molar-refractivity contribution is 0.660. The van der Waals surface area contributed by atoms with Crippen LogP contribution >= 0.6 is 0 Å². The van der Waals surface area contributed by atoms with Gasteiger partial charge < -0.3 is 0 Å². The molecule has 0 aliphatic heterocycles. The van der Waals surface area contributed by atoms with Gasteiger partial charge in [0, 0.05) is 22.1 Å². The van der Waals surface area contributed by atoms with E-state index in [0.29, 0.717) is 0 Å². The normalized spacial score (nSPS) is 15.2. The van der Waals surface area contributed by atoms with Crippen molar-refractivity contribution in [3.63, 3.8) is 0 Å². The van der Waals surface area contributed by atoms with E-state index in [1.807, 2.05) is 0 Å². The molecule has 0 fully saturated rings. The molecule has 310 valence electrons. The van der Waals surface area contributed by atoms with Gasteiger partial charge >= 0.3 is 0 Å². The van der Waals surface area contributed by atoms with Crippen LogP contribution in [0.4, 0.5) is 0 Å². The molecule has 1 aromatic heterocycles. The van der Waals surface area contributed by atoms with Gasteiger partial charge in [0.25, 0.3) is 0 Å². The molecule has 0 saturated carbocycles. The number of fused-ring (bicyclic) bond motifs is 9. The van der Waals surface area contributed by atoms with Gasteiger partial charge in [-0.3, -0.25) is 4.57 Å². The molecule has 0 saturated heterocycles. The Kier molecular flexibility index (Phi) is 8.16. The van der Waals surface area contributed by atoms with Gasteiger partial charge in [-0.25, -0.2) is 4.98 Å². The van der Waals surface area contributed by atoms with E-state index in [9.17, 15) is 0 Å². The van der Waals surface area contributed by atoms with E-state index < -0.39 is 0 Å². The minimum atomic E-state index is -0.0815. The molecule has 65 heavy (non-hydrogen) atoms. The van der Waals surface area contributed by atoms with Crippen molar-refractivity contribution >= 4 is 38.3 Å². The third-order valence-corrected chi connectivity index (χ3v) is 15.0. The Morgan fingerprint density at radius 3 is 1.72 bits per heavy atom. The summed E-state index contributed by atoms with van der Waals surface area (Å²) < 4.78 is 2.33. The van der Waals surface area contributed by atoms with Crippen molar-refractivity contribution in [2.45, 2.75) is 51.4 Å². The van der Waals surface area contributed by atoms with Gasteiger partial charge in [-0.2, -0.15) is 0 Å². The maximum absolute atomic E-state index is 5.22. The fourth-order valence-corrected chi connectivity index (χ4v) is 11.8. The number of hydrogen-bond donors (Lipinski definition) is 0. The van der Waals surface area contributed by atoms with Crippen LogP contribution in [0, 0.1) is 0 Å². The highest BCUT2D eigenvalue weighted by Gasteiger charge is 2.37. The zero-order valence-electron chi connectivity index (χ0n) is 37.3. The van der Waals surface area contributed by atoms with E-state index in [1.54, 1.807) is 0 Å². The van der Waals surface area contributed by atoms with Crippen molar-refractivity contribution in [2.75, 3.05) is 0 Å². The maximum atomic E-state index is 5.22. The molecule has 10 aromatic rings. The van der Waals surface area contributed by atoms with Crippen LogP contribution in [-0.4, -0.2) is 9.55 Å². The van der Waals surface area contributed by atoms with Crippen LogP contribution in [0.15, 0.2) is 194 Å². The molecule has 2 nitrogen and oxygen atoms in total. The molecular formula is C63H48N2. The SMILES string of the molecule is CC1(C)c2ccccc2-c2cc(-c3c4ccccc4c(-c4ccc(-c5nc6ccccc6n5C5=CCCC=C5)cc4)c4ccc(-c5ccc6c(c5)C(C)(C)c5ccccc5-6)cc34)ccc21. The van der Waals surface area contributed by atoms with Gasteiger partial charge in [-0.1, -0.05) is 185 Å². The second-order valence-corrected chi connectivity index (χ2v) is 19.4. The lowest BCUT2D eigenvalue weighted by atomic mass is 9.80. The number of aromatic nitrogens is 2. The van der Waals surface area contributed by atoms with Gasteiger partial charge in [0.15, 0.2) is 0 Å². The number of nitrogens with zero attached hydrogens (tertiary/aromatic N) is 2. The summed E-state index contributed by atoms with van der Waals surface area (Å²) in [5, 5.41) is 5.00. The largest absolute Gasteiger partial charge is 0.293 e. The van der Waals surface area contributed by atoms with E-state index >= 15 is 0 Å². The Balaban J connectivity index is 1.03. The van der Waals surface area contributed by atoms with Crippen LogP contribution in [0.2, 0.25) is 0 Å². The smallest absolute Gasteiger partial charge is 0.145 e. The van der Waals surface area contributed by atoms with Crippen LogP contribution in [0.1, 0.15) is 62.8 Å². The van der Waals surface area contributed by atoms with Crippen molar-refractivity contribution in [3.8, 4) is 67.0 Å². The van der Waals surface area contributed by atoms with E-state index in [2.05, 4.69) is 226 Å². The lowest BCUT2D eigenvalue weighted by Crippen LogP contribution is -2.14. The predicted octanol–water partition coefficient (Wildman–Crippen LogP) is 16.8. The number of benzene rings is 9. The van der Waals surface area contributed by atoms with E-state index in [-0.39, 0.29) is 10.8 Å². The Morgan fingerprint density at radius 2 is 0.969 bits per heavy atom. The number of rotatable bonds is 5. The Labute approximate surface area is 380 Å². The van der Waals surface area contributed by atoms with Crippen LogP contribution in [0.25, 0.3) is 105 Å². The summed E-state index contributed by atoms with van der Waals surface area (Å²) in [5.41, 5.74) is 22.6. The zero-order chi connectivity index (χ0) is 43.6. The van der Waals surface area contributed by atoms with Crippen LogP contribution in [0.5, 0.6) is 0 Å². The highest BCUT2D eigenvalue weighted by Crippen LogP contribution is 2.53. The third kappa shape index (κ3) is 5.56. The molecule has 0 unspecified atom stereocenters. The van der Waals surface area contributed by atoms with Gasteiger partial charge in [0.1, 0.15) is 5.82 Å². The molecule has 0 spiro atoms. The Bertz CT molecular complexity index is 3700. The van der Waals surface area contributed by atoms with Crippen molar-refractivity contribution in [2.24, 2.45) is 0 Å². The zero-order valence-corrected chi connectivity index (χ0v) is 37.3. The van der Waals surface area contributed by atoms with Gasteiger partial charge in [-0.05, 0) is 149 Å². The number of para-hydroxylation sites is 2. The molecule has 0 atom stereocenters. The molecule has 9 aromatic carbocycles. The first kappa shape index (κ1) is 38.0. The molecule has 0 radical (unpaired) electrons. The Morgan fingerprint density at radius 1 is 0.415 bits per heavy atom. The lowest BCUT2D eigenvalue weighted by Gasteiger charge is -2.23. The molecule has 0 bridgehead atoms. The molecule has 0 N–H and O–H groups in total. The molecule has 3 aliphatic rings. The summed E-state index contributed by atoms with van der Waals surface area (Å²) in [4.78, 5) is 5.22. The number of imidazole rings is 1. The van der Waals surface area contributed by atoms with Gasteiger partial charge in [0.05, 0.1) is 11.0 Å². The molecule has 0 amide bonds. The van der Waals surface area contributed by atoms with Gasteiger partial charge in [-0.15, -0.1) is 0 Å². The van der Waals surface area contributed by atoms with Crippen molar-refractivity contribution in [1.29, 1.82) is 0 Å². The highest BCUT2D eigenvalue weighted by atomic mass is 15.1. The molecule has 1 heterocycles. The minimum Gasteiger partial charge on any atom is -0.293 e. The molecule has 2 heteroatoms. The van der Waals surface area contributed by atoms with Crippen molar-refractivity contribution in [3.05, 3.63) is 216 Å². The quantitative estimate of drug-likeness (QED) is 0.158. The molecule has 13 rings (SSSR count). The molecular weight excluding hydrogens is 785 g/mol. The Hall–Kier alpha value is -7.55. The summed E-state index contributed by atoms with van der Waals surface area (Å²) in [6, 6.07) is 66.2. The first-order chi connectivity index (χ1) is 31.8. The average molecular weight is 833 g/mol. The number of allylic oxidation sites excluding steroid dienone is 4. The third-order valence-electron chi connectivity index (χ3n) is 15.0. The van der Waals surface area contributed by atoms with Crippen LogP contribution in [-0.2, 0) is 10.8 Å². The average Bonchev–Trinajstić information content (AvgIpc) is 3.93. The molecule has 3 aliphatic carbocycles. The topological polar surface area (TPSA) is 17.8 Å². The summed E-state index contributed by atoms with van der Waals surface area (Å²) in [6.45, 7) is 9.48. The van der Waals surface area contributed by atoms with Crippen molar-refractivity contribution < 1.29 is 0 Å². The first-order valence-electron chi connectivity index (χ1n) is 23.2. The second kappa shape index (κ2) is 14.0. The van der Waals surface area contributed by atoms with E-state index in [1.165, 1.54) is 105 Å². The summed E-state index contributed by atoms with van der Waals surface area (Å²) in [5.74, 6) is 0.965. The van der Waals surface area contributed by atoms with E-state index in [4.69, 9.17) is 4.98 Å². The fraction of sp³-hybridized carbons (Fsp3) is 0.127. The summed E-state index contributed by atoms with van der Waals surface area (Å²) in [6.07, 6.45) is 8.95. The summed E-state index contributed by atoms with van der Waals surface area (Å²) in [7, 11) is 0. The van der Waals surface area contributed by atoms with E-state index in [0.717, 1.165) is 35.3 Å². The standard InChI is InChI=1S/C63H48N2/c1-62(2)54-23-13-11-19-46(54)51-37-43(32-35-55(51)62)60-49-21-9-8-20-48(49)59(39-26-28-40(29-27-39)61-64-57-24-14-15-25-58(57)65(61)44-16-6-5-7-17-44)50-34-31-41(36-52(50)60)42-30-33-47-45-18-10-12-22-53(45)63(3,4)56(47)38-42/h6,8-38H,5,7H2,1-4H3. The van der Waals surface area contributed by atoms with Crippen molar-refractivity contribution in [1.82, 2.24) is 9.55 Å². The van der Waals surface area contributed by atoms with Crippen LogP contribution in [0.3, 0.4) is 0 Å². The minimum absolute atomic E-state index is 0.0628. The monoisotopic (exact) mass is 832 g/mol. The summed E-state index contributed by atoms with van der Waals surface area (Å²) >= 11 is 0. The first-order valence-corrected chi connectivity index (χ1v) is 23.2. The highest BCUT2D eigenvalue weighted by molar-refractivity contribution is 6.22. The predicted molar refractivity (Wildman–Crippen MR) is 274 cm³/mol. The number of hydrogen-bond acceptors (Lipinski definition) is 1. The maximum Gasteiger partial charge on any atom is 0.145 e. The second-order valence-electron chi connectivity index (χ2n) is 19.4. The fourth-order valence-electron chi connectivity index (χ4n) is 11.8.